The fourth-order valence-corrected chi connectivity index (χ4v) is 6.08. The van der Waals surface area contributed by atoms with Gasteiger partial charge in [0.1, 0.15) is 18.0 Å². The third-order valence-corrected chi connectivity index (χ3v) is 7.30. The van der Waals surface area contributed by atoms with E-state index in [-0.39, 0.29) is 10.8 Å². The lowest BCUT2D eigenvalue weighted by Gasteiger charge is -2.35. The summed E-state index contributed by atoms with van der Waals surface area (Å²) in [6, 6.07) is 2.39. The third kappa shape index (κ3) is 3.76. The zero-order chi connectivity index (χ0) is 20.8. The van der Waals surface area contributed by atoms with Crippen LogP contribution in [0.25, 0.3) is 11.1 Å². The Kier molecular flexibility index (Phi) is 5.12. The lowest BCUT2D eigenvalue weighted by atomic mass is 9.85. The summed E-state index contributed by atoms with van der Waals surface area (Å²) >= 11 is 3.07. The number of nitrogens with two attached hydrogens (primary N) is 1. The Labute approximate surface area is 175 Å². The lowest BCUT2D eigenvalue weighted by Crippen LogP contribution is -2.31. The van der Waals surface area contributed by atoms with Crippen molar-refractivity contribution in [2.24, 2.45) is 10.7 Å². The van der Waals surface area contributed by atoms with E-state index >= 15 is 0 Å². The molecule has 1 aromatic carbocycles. The van der Waals surface area contributed by atoms with Gasteiger partial charge in [-0.3, -0.25) is 4.99 Å². The minimum absolute atomic E-state index is 0.00309. The van der Waals surface area contributed by atoms with Crippen LogP contribution in [-0.4, -0.2) is 20.1 Å². The molecule has 0 bridgehead atoms. The Morgan fingerprint density at radius 3 is 2.52 bits per heavy atom. The Balaban J connectivity index is 1.80. The third-order valence-electron chi connectivity index (χ3n) is 4.94. The first-order chi connectivity index (χ1) is 13.8. The number of benzene rings is 1. The fourth-order valence-electron chi connectivity index (χ4n) is 3.65. The van der Waals surface area contributed by atoms with Gasteiger partial charge in [-0.05, 0) is 33.3 Å². The van der Waals surface area contributed by atoms with Crippen molar-refractivity contribution < 1.29 is 8.78 Å². The number of halogens is 2. The number of hydrogen-bond acceptors (Lipinski definition) is 7. The molecule has 4 rings (SSSR count). The highest BCUT2D eigenvalue weighted by atomic mass is 32.2. The molecule has 0 saturated carbocycles. The van der Waals surface area contributed by atoms with Crippen molar-refractivity contribution in [3.8, 4) is 11.1 Å². The molecule has 2 N–H and O–H groups in total. The van der Waals surface area contributed by atoms with Crippen LogP contribution in [0.3, 0.4) is 0 Å². The van der Waals surface area contributed by atoms with Crippen molar-refractivity contribution in [3.63, 3.8) is 0 Å². The summed E-state index contributed by atoms with van der Waals surface area (Å²) in [7, 11) is 0. The van der Waals surface area contributed by atoms with Gasteiger partial charge in [0.2, 0.25) is 0 Å². The van der Waals surface area contributed by atoms with Gasteiger partial charge >= 0.3 is 0 Å². The fraction of sp³-hybridized carbons (Fsp3) is 0.300. The minimum atomic E-state index is -0.938. The number of aromatic nitrogens is 3. The molecule has 0 saturated heterocycles. The molecule has 2 atom stereocenters. The Bertz CT molecular complexity index is 1100. The minimum Gasteiger partial charge on any atom is -0.378 e. The standard InChI is InChI=1S/C20H19F2N5S2/c1-10-18(28-11(2)26-10)17-6-20(3,27-19(23)29-17)14-4-13(15(21)5-16(14)22)12-7-24-9-25-8-12/h4-5,7-9,17H,6H2,1-3H3,(H2,23,27). The molecule has 150 valence electrons. The van der Waals surface area contributed by atoms with E-state index in [2.05, 4.69) is 19.9 Å². The van der Waals surface area contributed by atoms with E-state index in [1.54, 1.807) is 11.3 Å². The molecule has 0 aliphatic carbocycles. The number of nitrogens with zero attached hydrogens (tertiary/aromatic N) is 4. The van der Waals surface area contributed by atoms with Crippen LogP contribution in [0, 0.1) is 25.5 Å². The molecule has 1 aliphatic heterocycles. The van der Waals surface area contributed by atoms with Gasteiger partial charge in [0, 0.05) is 40.0 Å². The van der Waals surface area contributed by atoms with Crippen molar-refractivity contribution in [1.82, 2.24) is 15.0 Å². The lowest BCUT2D eigenvalue weighted by molar-refractivity contribution is 0.422. The summed E-state index contributed by atoms with van der Waals surface area (Å²) in [5.41, 5.74) is 7.16. The average Bonchev–Trinajstić information content (AvgIpc) is 3.00. The van der Waals surface area contributed by atoms with Crippen LogP contribution < -0.4 is 5.73 Å². The number of aryl methyl sites for hydroxylation is 2. The van der Waals surface area contributed by atoms with Gasteiger partial charge in [-0.1, -0.05) is 11.8 Å². The van der Waals surface area contributed by atoms with E-state index in [4.69, 9.17) is 5.73 Å². The second kappa shape index (κ2) is 7.46. The maximum atomic E-state index is 14.9. The maximum Gasteiger partial charge on any atom is 0.155 e. The zero-order valence-electron chi connectivity index (χ0n) is 16.1. The number of hydrogen-bond donors (Lipinski definition) is 1. The van der Waals surface area contributed by atoms with E-state index in [0.717, 1.165) is 21.6 Å². The molecule has 2 aromatic heterocycles. The number of thioether (sulfide) groups is 1. The number of thiazole rings is 1. The van der Waals surface area contributed by atoms with Crippen molar-refractivity contribution in [2.45, 2.75) is 38.0 Å². The molecule has 29 heavy (non-hydrogen) atoms. The summed E-state index contributed by atoms with van der Waals surface area (Å²) in [6.45, 7) is 5.75. The van der Waals surface area contributed by atoms with E-state index < -0.39 is 17.2 Å². The van der Waals surface area contributed by atoms with Crippen LogP contribution in [0.5, 0.6) is 0 Å². The molecule has 2 unspecified atom stereocenters. The molecule has 1 aliphatic rings. The topological polar surface area (TPSA) is 77.0 Å². The molecule has 3 heterocycles. The first-order valence-electron chi connectivity index (χ1n) is 8.97. The van der Waals surface area contributed by atoms with Gasteiger partial charge in [0.15, 0.2) is 5.17 Å². The summed E-state index contributed by atoms with van der Waals surface area (Å²) < 4.78 is 29.4. The van der Waals surface area contributed by atoms with Gasteiger partial charge in [0.25, 0.3) is 0 Å². The van der Waals surface area contributed by atoms with Gasteiger partial charge < -0.3 is 5.73 Å². The molecular weight excluding hydrogens is 412 g/mol. The van der Waals surface area contributed by atoms with Crippen LogP contribution >= 0.6 is 23.1 Å². The second-order valence-electron chi connectivity index (χ2n) is 7.16. The monoisotopic (exact) mass is 431 g/mol. The Hall–Kier alpha value is -2.39. The highest BCUT2D eigenvalue weighted by molar-refractivity contribution is 8.14. The quantitative estimate of drug-likeness (QED) is 0.638. The Morgan fingerprint density at radius 1 is 1.14 bits per heavy atom. The highest BCUT2D eigenvalue weighted by Crippen LogP contribution is 2.49. The van der Waals surface area contributed by atoms with Crippen LogP contribution in [0.4, 0.5) is 8.78 Å². The van der Waals surface area contributed by atoms with Crippen molar-refractivity contribution in [2.75, 3.05) is 0 Å². The molecule has 5 nitrogen and oxygen atoms in total. The Morgan fingerprint density at radius 2 is 1.86 bits per heavy atom. The van der Waals surface area contributed by atoms with Crippen molar-refractivity contribution >= 4 is 28.3 Å². The van der Waals surface area contributed by atoms with Gasteiger partial charge in [0.05, 0.1) is 21.5 Å². The van der Waals surface area contributed by atoms with Crippen LogP contribution in [0.15, 0.2) is 35.8 Å². The van der Waals surface area contributed by atoms with E-state index in [0.29, 0.717) is 22.7 Å². The smallest absolute Gasteiger partial charge is 0.155 e. The zero-order valence-corrected chi connectivity index (χ0v) is 17.7. The molecule has 3 aromatic rings. The molecule has 0 amide bonds. The first-order valence-corrected chi connectivity index (χ1v) is 10.7. The van der Waals surface area contributed by atoms with Crippen LogP contribution in [0.2, 0.25) is 0 Å². The van der Waals surface area contributed by atoms with Gasteiger partial charge in [-0.15, -0.1) is 11.3 Å². The molecule has 9 heteroatoms. The predicted octanol–water partition coefficient (Wildman–Crippen LogP) is 4.90. The van der Waals surface area contributed by atoms with E-state index in [9.17, 15) is 8.78 Å². The first kappa shape index (κ1) is 19.9. The second-order valence-corrected chi connectivity index (χ2v) is 9.61. The summed E-state index contributed by atoms with van der Waals surface area (Å²) in [5.74, 6) is -1.32. The van der Waals surface area contributed by atoms with E-state index in [1.807, 2.05) is 20.8 Å². The van der Waals surface area contributed by atoms with Crippen LogP contribution in [0.1, 0.15) is 39.7 Å². The molecular formula is C20H19F2N5S2. The van der Waals surface area contributed by atoms with E-state index in [1.165, 1.54) is 36.5 Å². The van der Waals surface area contributed by atoms with Gasteiger partial charge in [-0.2, -0.15) is 0 Å². The highest BCUT2D eigenvalue weighted by Gasteiger charge is 2.39. The molecule has 0 radical (unpaired) electrons. The number of amidine groups is 1. The molecule has 0 spiro atoms. The maximum absolute atomic E-state index is 14.9. The number of aliphatic imine (C=N–C) groups is 1. The van der Waals surface area contributed by atoms with Gasteiger partial charge in [-0.25, -0.2) is 23.7 Å². The van der Waals surface area contributed by atoms with Crippen molar-refractivity contribution in [3.05, 3.63) is 63.6 Å². The van der Waals surface area contributed by atoms with Crippen LogP contribution in [-0.2, 0) is 5.54 Å². The largest absolute Gasteiger partial charge is 0.378 e. The molecule has 0 fully saturated rings. The summed E-state index contributed by atoms with van der Waals surface area (Å²) in [5, 5.41) is 1.35. The predicted molar refractivity (Wildman–Crippen MR) is 113 cm³/mol. The summed E-state index contributed by atoms with van der Waals surface area (Å²) in [4.78, 5) is 18.0. The normalized spacial score (nSPS) is 21.8. The van der Waals surface area contributed by atoms with Crippen molar-refractivity contribution in [1.29, 1.82) is 0 Å². The number of rotatable bonds is 3. The SMILES string of the molecule is Cc1nc(C)c(C2CC(C)(c3cc(-c4cncnc4)c(F)cc3F)N=C(N)S2)s1. The summed E-state index contributed by atoms with van der Waals surface area (Å²) in [6.07, 6.45) is 4.88. The average molecular weight is 432 g/mol.